The molecule has 1 aliphatic heterocycles. The summed E-state index contributed by atoms with van der Waals surface area (Å²) in [6.45, 7) is 0.688. The average molecular weight is 228 g/mol. The van der Waals surface area contributed by atoms with Crippen molar-refractivity contribution in [2.75, 3.05) is 11.9 Å². The Bertz CT molecular complexity index is 429. The average Bonchev–Trinajstić information content (AvgIpc) is 2.31. The van der Waals surface area contributed by atoms with Crippen LogP contribution in [0, 0.1) is 17.5 Å². The van der Waals surface area contributed by atoms with E-state index in [4.69, 9.17) is 0 Å². The molecule has 0 aromatic heterocycles. The van der Waals surface area contributed by atoms with Gasteiger partial charge in [-0.15, -0.1) is 0 Å². The highest BCUT2D eigenvalue weighted by Gasteiger charge is 2.15. The van der Waals surface area contributed by atoms with Gasteiger partial charge < -0.3 is 5.32 Å². The van der Waals surface area contributed by atoms with E-state index >= 15 is 0 Å². The number of halogens is 3. The molecule has 86 valence electrons. The number of nitrogens with one attached hydrogen (secondary N) is 1. The van der Waals surface area contributed by atoms with Gasteiger partial charge in [0.05, 0.1) is 5.69 Å². The third-order valence-electron chi connectivity index (χ3n) is 2.44. The first-order valence-corrected chi connectivity index (χ1v) is 5.12. The number of amidine groups is 1. The molecule has 2 nitrogen and oxygen atoms in total. The Morgan fingerprint density at radius 3 is 2.56 bits per heavy atom. The van der Waals surface area contributed by atoms with E-state index in [1.165, 1.54) is 6.07 Å². The predicted molar refractivity (Wildman–Crippen MR) is 56.1 cm³/mol. The van der Waals surface area contributed by atoms with Crippen molar-refractivity contribution in [3.8, 4) is 0 Å². The zero-order valence-electron chi connectivity index (χ0n) is 8.56. The van der Waals surface area contributed by atoms with Gasteiger partial charge in [-0.05, 0) is 25.0 Å². The van der Waals surface area contributed by atoms with E-state index in [0.717, 1.165) is 18.9 Å². The standard InChI is InChI=1S/C11H11F3N2/c12-7-4-5-8(11(14)10(7)13)16-9-3-1-2-6-15-9/h4-5H,1-3,6H2,(H,15,16). The molecule has 1 N–H and O–H groups in total. The van der Waals surface area contributed by atoms with Crippen LogP contribution in [0.25, 0.3) is 0 Å². The number of aliphatic imine (C=N–C) groups is 1. The second kappa shape index (κ2) is 4.55. The fourth-order valence-corrected chi connectivity index (χ4v) is 1.58. The molecule has 1 heterocycles. The monoisotopic (exact) mass is 228 g/mol. The molecule has 1 aromatic carbocycles. The van der Waals surface area contributed by atoms with Gasteiger partial charge in [-0.3, -0.25) is 4.99 Å². The van der Waals surface area contributed by atoms with Crippen LogP contribution in [0.4, 0.5) is 18.9 Å². The molecule has 0 radical (unpaired) electrons. The molecule has 0 spiro atoms. The molecule has 16 heavy (non-hydrogen) atoms. The molecule has 5 heteroatoms. The Hall–Kier alpha value is -1.52. The lowest BCUT2D eigenvalue weighted by molar-refractivity contribution is 0.449. The van der Waals surface area contributed by atoms with Gasteiger partial charge >= 0.3 is 0 Å². The van der Waals surface area contributed by atoms with Gasteiger partial charge in [-0.1, -0.05) is 0 Å². The fraction of sp³-hybridized carbons (Fsp3) is 0.364. The van der Waals surface area contributed by atoms with E-state index in [1.807, 2.05) is 0 Å². The molecule has 0 fully saturated rings. The third-order valence-corrected chi connectivity index (χ3v) is 2.44. The summed E-state index contributed by atoms with van der Waals surface area (Å²) in [7, 11) is 0. The van der Waals surface area contributed by atoms with Gasteiger partial charge in [-0.2, -0.15) is 0 Å². The Labute approximate surface area is 91.2 Å². The fourth-order valence-electron chi connectivity index (χ4n) is 1.58. The summed E-state index contributed by atoms with van der Waals surface area (Å²) in [5.74, 6) is -3.22. The molecule has 0 bridgehead atoms. The normalized spacial score (nSPS) is 15.8. The van der Waals surface area contributed by atoms with Crippen LogP contribution in [0.3, 0.4) is 0 Å². The minimum absolute atomic E-state index is 0.0699. The van der Waals surface area contributed by atoms with E-state index in [0.29, 0.717) is 18.8 Å². The Morgan fingerprint density at radius 1 is 1.06 bits per heavy atom. The number of rotatable bonds is 1. The maximum atomic E-state index is 13.3. The van der Waals surface area contributed by atoms with Gasteiger partial charge in [0.25, 0.3) is 0 Å². The molecular formula is C11H11F3N2. The van der Waals surface area contributed by atoms with E-state index < -0.39 is 17.5 Å². The summed E-state index contributed by atoms with van der Waals surface area (Å²) in [5, 5.41) is 2.69. The number of benzene rings is 1. The van der Waals surface area contributed by atoms with Gasteiger partial charge in [0.2, 0.25) is 0 Å². The molecule has 1 aromatic rings. The van der Waals surface area contributed by atoms with Crippen molar-refractivity contribution in [3.05, 3.63) is 29.6 Å². The molecule has 1 aliphatic rings. The van der Waals surface area contributed by atoms with E-state index in [2.05, 4.69) is 10.3 Å². The summed E-state index contributed by atoms with van der Waals surface area (Å²) >= 11 is 0. The van der Waals surface area contributed by atoms with Gasteiger partial charge in [0.1, 0.15) is 5.84 Å². The minimum atomic E-state index is -1.46. The maximum absolute atomic E-state index is 13.3. The van der Waals surface area contributed by atoms with Crippen molar-refractivity contribution in [3.63, 3.8) is 0 Å². The summed E-state index contributed by atoms with van der Waals surface area (Å²) in [6.07, 6.45) is 2.68. The molecule has 0 atom stereocenters. The van der Waals surface area contributed by atoms with Crippen LogP contribution in [0.15, 0.2) is 17.1 Å². The van der Waals surface area contributed by atoms with Crippen molar-refractivity contribution < 1.29 is 13.2 Å². The van der Waals surface area contributed by atoms with Crippen molar-refractivity contribution >= 4 is 11.5 Å². The van der Waals surface area contributed by atoms with Crippen LogP contribution in [0.1, 0.15) is 19.3 Å². The van der Waals surface area contributed by atoms with Gasteiger partial charge in [-0.25, -0.2) is 13.2 Å². The highest BCUT2D eigenvalue weighted by molar-refractivity contribution is 5.95. The Morgan fingerprint density at radius 2 is 1.88 bits per heavy atom. The van der Waals surface area contributed by atoms with E-state index in [9.17, 15) is 13.2 Å². The van der Waals surface area contributed by atoms with E-state index in [-0.39, 0.29) is 5.69 Å². The second-order valence-electron chi connectivity index (χ2n) is 3.63. The lowest BCUT2D eigenvalue weighted by Crippen LogP contribution is -2.17. The Kier molecular flexibility index (Phi) is 3.12. The zero-order chi connectivity index (χ0) is 11.5. The smallest absolute Gasteiger partial charge is 0.196 e. The van der Waals surface area contributed by atoms with Gasteiger partial charge in [0.15, 0.2) is 17.5 Å². The van der Waals surface area contributed by atoms with Crippen LogP contribution in [0.2, 0.25) is 0 Å². The van der Waals surface area contributed by atoms with Crippen LogP contribution in [-0.2, 0) is 0 Å². The largest absolute Gasteiger partial charge is 0.342 e. The quantitative estimate of drug-likeness (QED) is 0.734. The molecule has 2 rings (SSSR count). The van der Waals surface area contributed by atoms with Crippen LogP contribution >= 0.6 is 0 Å². The highest BCUT2D eigenvalue weighted by atomic mass is 19.2. The number of anilines is 1. The molecule has 0 aliphatic carbocycles. The summed E-state index contributed by atoms with van der Waals surface area (Å²) < 4.78 is 38.9. The van der Waals surface area contributed by atoms with Crippen LogP contribution in [-0.4, -0.2) is 12.4 Å². The lowest BCUT2D eigenvalue weighted by Gasteiger charge is -2.14. The van der Waals surface area contributed by atoms with Crippen molar-refractivity contribution in [2.45, 2.75) is 19.3 Å². The SMILES string of the molecule is Fc1ccc(NC2=NCCCC2)c(F)c1F. The van der Waals surface area contributed by atoms with Crippen molar-refractivity contribution in [2.24, 2.45) is 4.99 Å². The molecule has 0 saturated carbocycles. The van der Waals surface area contributed by atoms with Crippen LogP contribution < -0.4 is 5.32 Å². The first-order valence-electron chi connectivity index (χ1n) is 5.12. The van der Waals surface area contributed by atoms with Gasteiger partial charge in [0, 0.05) is 13.0 Å². The highest BCUT2D eigenvalue weighted by Crippen LogP contribution is 2.20. The maximum Gasteiger partial charge on any atom is 0.196 e. The van der Waals surface area contributed by atoms with Crippen molar-refractivity contribution in [1.29, 1.82) is 0 Å². The zero-order valence-corrected chi connectivity index (χ0v) is 8.56. The first-order chi connectivity index (χ1) is 7.68. The van der Waals surface area contributed by atoms with E-state index in [1.54, 1.807) is 0 Å². The number of hydrogen-bond acceptors (Lipinski definition) is 2. The predicted octanol–water partition coefficient (Wildman–Crippen LogP) is 3.10. The minimum Gasteiger partial charge on any atom is -0.342 e. The molecule has 0 amide bonds. The second-order valence-corrected chi connectivity index (χ2v) is 3.63. The third kappa shape index (κ3) is 2.18. The Balaban J connectivity index is 2.21. The van der Waals surface area contributed by atoms with Crippen molar-refractivity contribution in [1.82, 2.24) is 0 Å². The molecule has 0 saturated heterocycles. The number of hydrogen-bond donors (Lipinski definition) is 1. The van der Waals surface area contributed by atoms with Crippen LogP contribution in [0.5, 0.6) is 0 Å². The molecular weight excluding hydrogens is 217 g/mol. The summed E-state index contributed by atoms with van der Waals surface area (Å²) in [4.78, 5) is 4.14. The summed E-state index contributed by atoms with van der Waals surface area (Å²) in [6, 6.07) is 2.06. The first kappa shape index (κ1) is 11.0. The summed E-state index contributed by atoms with van der Waals surface area (Å²) in [5.41, 5.74) is -0.0699. The topological polar surface area (TPSA) is 24.4 Å². The lowest BCUT2D eigenvalue weighted by atomic mass is 10.1. The molecule has 0 unspecified atom stereocenters. The number of nitrogens with zero attached hydrogens (tertiary/aromatic N) is 1.